The molecule has 0 spiro atoms. The summed E-state index contributed by atoms with van der Waals surface area (Å²) in [6.45, 7) is 19.3. The molecule has 2 saturated heterocycles. The number of carbonyl (C=O) groups excluding carboxylic acids is 9. The molecule has 0 aliphatic carbocycles. The van der Waals surface area contributed by atoms with Crippen molar-refractivity contribution in [1.29, 1.82) is 0 Å². The van der Waals surface area contributed by atoms with Crippen molar-refractivity contribution in [3.05, 3.63) is 71.8 Å². The number of rotatable bonds is 13. The fourth-order valence-electron chi connectivity index (χ4n) is 10.7. The zero-order valence-corrected chi connectivity index (χ0v) is 48.9. The normalized spacial score (nSPS) is 26.9. The van der Waals surface area contributed by atoms with Gasteiger partial charge in [0.05, 0.1) is 6.10 Å². The number of fused-ring (bicyclic) bond motifs is 1. The lowest BCUT2D eigenvalue weighted by molar-refractivity contribution is -0.173. The number of hydrogen-bond donors (Lipinski definition) is 4. The highest BCUT2D eigenvalue weighted by Crippen LogP contribution is 2.26. The van der Waals surface area contributed by atoms with E-state index in [0.29, 0.717) is 24.8 Å². The molecule has 2 aliphatic heterocycles. The predicted octanol–water partition coefficient (Wildman–Crippen LogP) is 3.98. The minimum Gasteiger partial charge on any atom is -0.450 e. The third kappa shape index (κ3) is 15.9. The van der Waals surface area contributed by atoms with E-state index >= 15 is 9.59 Å². The van der Waals surface area contributed by atoms with Gasteiger partial charge in [0.15, 0.2) is 12.1 Å². The van der Waals surface area contributed by atoms with E-state index in [2.05, 4.69) is 16.0 Å². The van der Waals surface area contributed by atoms with E-state index in [-0.39, 0.29) is 38.1 Å². The first-order chi connectivity index (χ1) is 36.7. The van der Waals surface area contributed by atoms with Gasteiger partial charge in [-0.25, -0.2) is 4.79 Å². The van der Waals surface area contributed by atoms with E-state index < -0.39 is 137 Å². The molecule has 2 aromatic carbocycles. The van der Waals surface area contributed by atoms with Gasteiger partial charge in [-0.15, -0.1) is 0 Å². The zero-order chi connectivity index (χ0) is 58.5. The monoisotopic (exact) mass is 1090 g/mol. The average molecular weight is 1090 g/mol. The Hall–Kier alpha value is -6.37. The van der Waals surface area contributed by atoms with Crippen molar-refractivity contribution in [3.63, 3.8) is 0 Å². The molecule has 2 aliphatic rings. The number of aliphatic hydroxyl groups excluding tert-OH is 1. The van der Waals surface area contributed by atoms with Gasteiger partial charge in [0, 0.05) is 53.5 Å². The summed E-state index contributed by atoms with van der Waals surface area (Å²) in [6.07, 6.45) is -1.39. The Morgan fingerprint density at radius 1 is 0.551 bits per heavy atom. The van der Waals surface area contributed by atoms with Crippen LogP contribution in [0.1, 0.15) is 119 Å². The first-order valence-corrected chi connectivity index (χ1v) is 27.9. The van der Waals surface area contributed by atoms with Crippen LogP contribution in [0.2, 0.25) is 0 Å². The van der Waals surface area contributed by atoms with Crippen LogP contribution in [-0.4, -0.2) is 178 Å². The Morgan fingerprint density at radius 3 is 1.51 bits per heavy atom. The van der Waals surface area contributed by atoms with Gasteiger partial charge in [0.2, 0.25) is 41.4 Å². The number of nitrogens with one attached hydrogen (secondary N) is 3. The molecule has 4 N–H and O–H groups in total. The second-order valence-corrected chi connectivity index (χ2v) is 22.8. The lowest BCUT2D eigenvalue weighted by Crippen LogP contribution is -2.62. The van der Waals surface area contributed by atoms with Gasteiger partial charge in [0.1, 0.15) is 42.3 Å². The topological polar surface area (TPSA) is 235 Å². The summed E-state index contributed by atoms with van der Waals surface area (Å²) >= 11 is 0. The van der Waals surface area contributed by atoms with Gasteiger partial charge in [-0.05, 0) is 67.4 Å². The number of ether oxygens (including phenoxy) is 1. The number of aliphatic hydroxyl groups is 1. The fraction of sp³-hybridized carbons (Fsp3) is 0.644. The Balaban J connectivity index is 1.96. The maximum Gasteiger partial charge on any atom is 0.332 e. The third-order valence-corrected chi connectivity index (χ3v) is 15.6. The largest absolute Gasteiger partial charge is 0.450 e. The van der Waals surface area contributed by atoms with Crippen LogP contribution < -0.4 is 16.0 Å². The molecule has 2 unspecified atom stereocenters. The summed E-state index contributed by atoms with van der Waals surface area (Å²) in [6, 6.07) is 8.20. The number of amides is 8. The Kier molecular flexibility index (Phi) is 23.9. The van der Waals surface area contributed by atoms with Crippen LogP contribution in [0.15, 0.2) is 60.7 Å². The zero-order valence-electron chi connectivity index (χ0n) is 48.9. The smallest absolute Gasteiger partial charge is 0.332 e. The Labute approximate surface area is 462 Å². The molecule has 78 heavy (non-hydrogen) atoms. The molecule has 0 aromatic heterocycles. The van der Waals surface area contributed by atoms with Crippen molar-refractivity contribution in [2.45, 2.75) is 182 Å². The maximum atomic E-state index is 15.3. The van der Waals surface area contributed by atoms with Gasteiger partial charge >= 0.3 is 5.97 Å². The van der Waals surface area contributed by atoms with Gasteiger partial charge in [-0.3, -0.25) is 38.4 Å². The highest BCUT2D eigenvalue weighted by atomic mass is 16.6. The van der Waals surface area contributed by atoms with E-state index in [1.54, 1.807) is 72.7 Å². The van der Waals surface area contributed by atoms with Crippen LogP contribution in [0.3, 0.4) is 0 Å². The van der Waals surface area contributed by atoms with E-state index in [1.807, 2.05) is 57.2 Å². The van der Waals surface area contributed by atoms with Crippen LogP contribution >= 0.6 is 0 Å². The maximum absolute atomic E-state index is 15.3. The first kappa shape index (κ1) is 64.2. The van der Waals surface area contributed by atoms with Crippen LogP contribution in [0.5, 0.6) is 0 Å². The SMILES string of the molecule is CC[C@H](C)[C@@H]1NC(=O)C2CCCN2C(=O)[C@H](Cc2ccccc2)N(C)C(=O)[C@H](Cc2ccccc2)NC(=O)[C@H](C(C)C)N(C)C(=O)[C@@H]([C@@H](C)CC)OC(=O)[C@H](C(C)O)N(C)C(=O)[C@H](CC(C)C)NC(=O)[C@H](C(C)C)N(C)C1=O. The minimum atomic E-state index is -1.67. The molecule has 2 aromatic rings. The number of likely N-dealkylation sites (N-methyl/N-ethyl adjacent to an activating group) is 4. The summed E-state index contributed by atoms with van der Waals surface area (Å²) in [4.78, 5) is 140. The van der Waals surface area contributed by atoms with Gasteiger partial charge < -0.3 is 50.3 Å². The average Bonchev–Trinajstić information content (AvgIpc) is 3.91. The first-order valence-electron chi connectivity index (χ1n) is 27.9. The molecule has 19 nitrogen and oxygen atoms in total. The van der Waals surface area contributed by atoms with Crippen LogP contribution in [0.25, 0.3) is 0 Å². The molecule has 2 fully saturated rings. The van der Waals surface area contributed by atoms with Crippen molar-refractivity contribution < 1.29 is 53.0 Å². The fourth-order valence-corrected chi connectivity index (χ4v) is 10.7. The van der Waals surface area contributed by atoms with Crippen molar-refractivity contribution in [2.75, 3.05) is 34.7 Å². The molecule has 4 rings (SSSR count). The molecule has 12 atom stereocenters. The highest BCUT2D eigenvalue weighted by Gasteiger charge is 2.46. The summed E-state index contributed by atoms with van der Waals surface area (Å²) in [5.74, 6) is -8.58. The van der Waals surface area contributed by atoms with Crippen molar-refractivity contribution in [2.24, 2.45) is 29.6 Å². The predicted molar refractivity (Wildman–Crippen MR) is 297 cm³/mol. The molecular formula is C59H90N8O11. The van der Waals surface area contributed by atoms with Gasteiger partial charge in [0.25, 0.3) is 5.91 Å². The molecule has 8 amide bonds. The summed E-state index contributed by atoms with van der Waals surface area (Å²) < 4.78 is 6.03. The van der Waals surface area contributed by atoms with Crippen LogP contribution in [0, 0.1) is 29.6 Å². The number of cyclic esters (lactones) is 1. The second-order valence-electron chi connectivity index (χ2n) is 22.8. The van der Waals surface area contributed by atoms with E-state index in [4.69, 9.17) is 4.74 Å². The summed E-state index contributed by atoms with van der Waals surface area (Å²) in [5, 5.41) is 20.0. The van der Waals surface area contributed by atoms with Crippen LogP contribution in [0.4, 0.5) is 0 Å². The minimum absolute atomic E-state index is 0.00438. The van der Waals surface area contributed by atoms with E-state index in [9.17, 15) is 38.7 Å². The quantitative estimate of drug-likeness (QED) is 0.210. The lowest BCUT2D eigenvalue weighted by atomic mass is 9.94. The standard InChI is InChI=1S/C59H90N8O11/c1-16-37(9)46-57(75)64(13)47(35(5)6)52(70)60-42(31-34(3)4)55(73)66(15)49(39(11)68)59(77)78-50(38(10)17-2)58(76)65(14)48(36(7)8)53(71)61-43(32-40-25-20-18-21-26-40)54(72)63(12)45(33-41-27-22-19-23-28-41)56(74)67-30-24-29-44(67)51(69)62-46/h18-23,25-28,34-39,42-50,68H,16-17,24,29-33H2,1-15H3,(H,60,70)(H,61,71)(H,62,69)/t37-,38-,39?,42-,43-,44?,45-,46-,47-,48-,49-,50+/m0/s1. The van der Waals surface area contributed by atoms with Gasteiger partial charge in [-0.2, -0.15) is 0 Å². The summed E-state index contributed by atoms with van der Waals surface area (Å²) in [5.41, 5.74) is 1.42. The van der Waals surface area contributed by atoms with Crippen molar-refractivity contribution in [1.82, 2.24) is 40.4 Å². The number of carbonyl (C=O) groups is 9. The summed E-state index contributed by atoms with van der Waals surface area (Å²) in [7, 11) is 5.66. The van der Waals surface area contributed by atoms with Gasteiger partial charge in [-0.1, -0.05) is 136 Å². The molecular weight excluding hydrogens is 997 g/mol. The number of nitrogens with zero attached hydrogens (tertiary/aromatic N) is 5. The molecule has 0 bridgehead atoms. The third-order valence-electron chi connectivity index (χ3n) is 15.6. The van der Waals surface area contributed by atoms with Crippen molar-refractivity contribution in [3.8, 4) is 0 Å². The lowest BCUT2D eigenvalue weighted by Gasteiger charge is -2.37. The van der Waals surface area contributed by atoms with E-state index in [0.717, 1.165) is 10.5 Å². The highest BCUT2D eigenvalue weighted by molar-refractivity contribution is 5.99. The Morgan fingerprint density at radius 2 is 1.03 bits per heavy atom. The Bertz CT molecular complexity index is 2380. The van der Waals surface area contributed by atoms with E-state index in [1.165, 1.54) is 54.7 Å². The molecule has 19 heteroatoms. The number of hydrogen-bond acceptors (Lipinski definition) is 11. The number of benzene rings is 2. The number of esters is 1. The second kappa shape index (κ2) is 29.0. The molecule has 2 heterocycles. The van der Waals surface area contributed by atoms with Crippen molar-refractivity contribution >= 4 is 53.2 Å². The molecule has 432 valence electrons. The molecule has 0 saturated carbocycles. The van der Waals surface area contributed by atoms with Crippen LogP contribution in [-0.2, 0) is 60.7 Å². The molecule has 0 radical (unpaired) electrons.